The molecule has 1 aromatic heterocycles. The van der Waals surface area contributed by atoms with Gasteiger partial charge in [-0.3, -0.25) is 9.59 Å². The molecule has 0 atom stereocenters. The Labute approximate surface area is 197 Å². The van der Waals surface area contributed by atoms with Crippen molar-refractivity contribution in [1.82, 2.24) is 14.7 Å². The minimum Gasteiger partial charge on any atom is -0.330 e. The maximum Gasteiger partial charge on any atom is 0.245 e. The molecule has 0 saturated heterocycles. The van der Waals surface area contributed by atoms with Crippen molar-refractivity contribution < 1.29 is 9.59 Å². The SMILES string of the molecule is Cc1cccc(-n2nc(C(C)(C)C)cc2NC(=O)CN(C(=O)C(C)(C)CCl)C(C)C)c1C. The third-order valence-electron chi connectivity index (χ3n) is 5.66. The number of carbonyl (C=O) groups is 2. The van der Waals surface area contributed by atoms with E-state index in [1.165, 1.54) is 0 Å². The van der Waals surface area contributed by atoms with E-state index >= 15 is 0 Å². The molecule has 0 unspecified atom stereocenters. The van der Waals surface area contributed by atoms with Crippen molar-refractivity contribution in [1.29, 1.82) is 0 Å². The number of hydrogen-bond acceptors (Lipinski definition) is 3. The molecule has 0 aliphatic rings. The first-order valence-electron chi connectivity index (χ1n) is 11.0. The fourth-order valence-electron chi connectivity index (χ4n) is 3.26. The predicted octanol–water partition coefficient (Wildman–Crippen LogP) is 5.23. The Morgan fingerprint density at radius 3 is 2.31 bits per heavy atom. The maximum atomic E-state index is 13.1. The topological polar surface area (TPSA) is 67.2 Å². The molecule has 6 nitrogen and oxygen atoms in total. The number of aryl methyl sites for hydroxylation is 1. The number of nitrogens with zero attached hydrogens (tertiary/aromatic N) is 3. The number of rotatable bonds is 7. The van der Waals surface area contributed by atoms with Gasteiger partial charge < -0.3 is 10.2 Å². The first-order valence-corrected chi connectivity index (χ1v) is 11.6. The Morgan fingerprint density at radius 1 is 1.16 bits per heavy atom. The Kier molecular flexibility index (Phi) is 7.82. The van der Waals surface area contributed by atoms with Crippen molar-refractivity contribution >= 4 is 29.2 Å². The number of halogens is 1. The lowest BCUT2D eigenvalue weighted by Gasteiger charge is -2.33. The largest absolute Gasteiger partial charge is 0.330 e. The lowest BCUT2D eigenvalue weighted by molar-refractivity contribution is -0.143. The van der Waals surface area contributed by atoms with Crippen LogP contribution in [-0.4, -0.2) is 45.0 Å². The van der Waals surface area contributed by atoms with Crippen LogP contribution in [0.4, 0.5) is 5.82 Å². The number of carbonyl (C=O) groups excluding carboxylic acids is 2. The zero-order chi connectivity index (χ0) is 24.4. The minimum atomic E-state index is -0.744. The lowest BCUT2D eigenvalue weighted by atomic mass is 9.92. The number of amides is 2. The number of aromatic nitrogens is 2. The summed E-state index contributed by atoms with van der Waals surface area (Å²) in [6.45, 7) is 17.7. The van der Waals surface area contributed by atoms with Gasteiger partial charge in [-0.2, -0.15) is 5.10 Å². The summed E-state index contributed by atoms with van der Waals surface area (Å²) in [6.07, 6.45) is 0. The van der Waals surface area contributed by atoms with Crippen LogP contribution >= 0.6 is 11.6 Å². The number of anilines is 1. The van der Waals surface area contributed by atoms with Gasteiger partial charge in [-0.25, -0.2) is 4.68 Å². The van der Waals surface area contributed by atoms with E-state index < -0.39 is 5.41 Å². The summed E-state index contributed by atoms with van der Waals surface area (Å²) in [5.41, 5.74) is 3.09. The van der Waals surface area contributed by atoms with Gasteiger partial charge >= 0.3 is 0 Å². The second-order valence-electron chi connectivity index (χ2n) is 10.4. The van der Waals surface area contributed by atoms with Crippen molar-refractivity contribution in [3.63, 3.8) is 0 Å². The lowest BCUT2D eigenvalue weighted by Crippen LogP contribution is -2.48. The second-order valence-corrected chi connectivity index (χ2v) is 10.7. The zero-order valence-corrected chi connectivity index (χ0v) is 21.6. The number of nitrogens with one attached hydrogen (secondary N) is 1. The third kappa shape index (κ3) is 5.71. The molecular formula is C25H37ClN4O2. The quantitative estimate of drug-likeness (QED) is 0.575. The standard InChI is InChI=1S/C25H37ClN4O2/c1-16(2)29(23(32)25(8,9)15-26)14-22(31)27-21-13-20(24(5,6)7)28-30(21)19-12-10-11-17(3)18(19)4/h10-13,16H,14-15H2,1-9H3,(H,27,31). The van der Waals surface area contributed by atoms with Gasteiger partial charge in [0.2, 0.25) is 11.8 Å². The molecule has 1 aromatic carbocycles. The van der Waals surface area contributed by atoms with Crippen LogP contribution in [0.25, 0.3) is 5.69 Å². The van der Waals surface area contributed by atoms with E-state index in [2.05, 4.69) is 39.1 Å². The summed E-state index contributed by atoms with van der Waals surface area (Å²) < 4.78 is 1.78. The molecule has 176 valence electrons. The first-order chi connectivity index (χ1) is 14.7. The van der Waals surface area contributed by atoms with Crippen LogP contribution in [0, 0.1) is 19.3 Å². The van der Waals surface area contributed by atoms with Crippen LogP contribution in [0.3, 0.4) is 0 Å². The molecule has 0 fully saturated rings. The van der Waals surface area contributed by atoms with Gasteiger partial charge in [0.1, 0.15) is 12.4 Å². The summed E-state index contributed by atoms with van der Waals surface area (Å²) in [5, 5.41) is 7.81. The molecular weight excluding hydrogens is 424 g/mol. The molecule has 2 rings (SSSR count). The number of benzene rings is 1. The molecule has 0 radical (unpaired) electrons. The highest BCUT2D eigenvalue weighted by Crippen LogP contribution is 2.28. The van der Waals surface area contributed by atoms with Gasteiger partial charge in [0.15, 0.2) is 0 Å². The Balaban J connectivity index is 2.41. The molecule has 0 spiro atoms. The predicted molar refractivity (Wildman–Crippen MR) is 132 cm³/mol. The van der Waals surface area contributed by atoms with Crippen LogP contribution in [0.5, 0.6) is 0 Å². The molecule has 0 aliphatic carbocycles. The maximum absolute atomic E-state index is 13.1. The fourth-order valence-corrected chi connectivity index (χ4v) is 3.37. The highest BCUT2D eigenvalue weighted by molar-refractivity contribution is 6.19. The molecule has 0 aliphatic heterocycles. The zero-order valence-electron chi connectivity index (χ0n) is 20.8. The van der Waals surface area contributed by atoms with Crippen molar-refractivity contribution in [3.05, 3.63) is 41.1 Å². The van der Waals surface area contributed by atoms with Crippen LogP contribution in [-0.2, 0) is 15.0 Å². The molecule has 32 heavy (non-hydrogen) atoms. The Bertz CT molecular complexity index is 986. The summed E-state index contributed by atoms with van der Waals surface area (Å²) >= 11 is 6.01. The van der Waals surface area contributed by atoms with E-state index in [0.717, 1.165) is 22.5 Å². The monoisotopic (exact) mass is 460 g/mol. The van der Waals surface area contributed by atoms with Gasteiger partial charge in [-0.1, -0.05) is 32.9 Å². The smallest absolute Gasteiger partial charge is 0.245 e. The van der Waals surface area contributed by atoms with Crippen molar-refractivity contribution in [2.24, 2.45) is 5.41 Å². The Hall–Kier alpha value is -2.34. The second kappa shape index (κ2) is 9.65. The van der Waals surface area contributed by atoms with Gasteiger partial charge in [0.05, 0.1) is 16.8 Å². The normalized spacial score (nSPS) is 12.2. The van der Waals surface area contributed by atoms with Crippen molar-refractivity contribution in [3.8, 4) is 5.69 Å². The van der Waals surface area contributed by atoms with Crippen LogP contribution in [0.2, 0.25) is 0 Å². The van der Waals surface area contributed by atoms with Crippen molar-refractivity contribution in [2.45, 2.75) is 73.8 Å². The Morgan fingerprint density at radius 2 is 1.78 bits per heavy atom. The summed E-state index contributed by atoms with van der Waals surface area (Å²) in [4.78, 5) is 27.6. The average molecular weight is 461 g/mol. The first kappa shape index (κ1) is 25.9. The van der Waals surface area contributed by atoms with Crippen LogP contribution < -0.4 is 5.32 Å². The number of hydrogen-bond donors (Lipinski definition) is 1. The van der Waals surface area contributed by atoms with E-state index in [9.17, 15) is 9.59 Å². The third-order valence-corrected chi connectivity index (χ3v) is 6.33. The van der Waals surface area contributed by atoms with E-state index in [1.807, 2.05) is 39.0 Å². The summed E-state index contributed by atoms with van der Waals surface area (Å²) in [6, 6.07) is 7.80. The van der Waals surface area contributed by atoms with E-state index in [-0.39, 0.29) is 35.7 Å². The highest BCUT2D eigenvalue weighted by atomic mass is 35.5. The van der Waals surface area contributed by atoms with Gasteiger partial charge in [0, 0.05) is 23.4 Å². The van der Waals surface area contributed by atoms with E-state index in [4.69, 9.17) is 16.7 Å². The average Bonchev–Trinajstić information content (AvgIpc) is 3.11. The van der Waals surface area contributed by atoms with Gasteiger partial charge in [-0.05, 0) is 58.7 Å². The molecule has 2 amide bonds. The van der Waals surface area contributed by atoms with E-state index in [1.54, 1.807) is 23.4 Å². The highest BCUT2D eigenvalue weighted by Gasteiger charge is 2.33. The summed E-state index contributed by atoms with van der Waals surface area (Å²) in [5.74, 6) is 0.354. The van der Waals surface area contributed by atoms with Crippen LogP contribution in [0.15, 0.2) is 24.3 Å². The molecule has 1 heterocycles. The van der Waals surface area contributed by atoms with E-state index in [0.29, 0.717) is 5.82 Å². The number of alkyl halides is 1. The minimum absolute atomic E-state index is 0.0559. The van der Waals surface area contributed by atoms with Crippen LogP contribution in [0.1, 0.15) is 65.3 Å². The fraction of sp³-hybridized carbons (Fsp3) is 0.560. The van der Waals surface area contributed by atoms with Gasteiger partial charge in [-0.15, -0.1) is 11.6 Å². The molecule has 1 N–H and O–H groups in total. The van der Waals surface area contributed by atoms with Crippen molar-refractivity contribution in [2.75, 3.05) is 17.7 Å². The van der Waals surface area contributed by atoms with Gasteiger partial charge in [0.25, 0.3) is 0 Å². The molecule has 7 heteroatoms. The summed E-state index contributed by atoms with van der Waals surface area (Å²) in [7, 11) is 0. The molecule has 0 bridgehead atoms. The molecule has 0 saturated carbocycles. The molecule has 2 aromatic rings.